The molecule has 17 heavy (non-hydrogen) atoms. The van der Waals surface area contributed by atoms with Crippen LogP contribution < -0.4 is 11.3 Å². The minimum atomic E-state index is -0.233. The maximum Gasteiger partial charge on any atom is 0.273 e. The Morgan fingerprint density at radius 3 is 2.71 bits per heavy atom. The van der Waals surface area contributed by atoms with Gasteiger partial charge in [-0.2, -0.15) is 0 Å². The number of pyridine rings is 1. The number of nitrogen functional groups attached to an aromatic ring is 1. The maximum absolute atomic E-state index is 11.7. The molecular formula is C12H10Cl2N2O. The Bertz CT molecular complexity index is 608. The van der Waals surface area contributed by atoms with Gasteiger partial charge < -0.3 is 10.3 Å². The minimum Gasteiger partial charge on any atom is -0.394 e. The number of hydrogen-bond donors (Lipinski definition) is 1. The second-order valence-electron chi connectivity index (χ2n) is 3.61. The van der Waals surface area contributed by atoms with E-state index in [-0.39, 0.29) is 11.2 Å². The Morgan fingerprint density at radius 2 is 1.94 bits per heavy atom. The third-order valence-electron chi connectivity index (χ3n) is 2.42. The van der Waals surface area contributed by atoms with Crippen molar-refractivity contribution in [1.29, 1.82) is 0 Å². The molecule has 0 aliphatic rings. The molecule has 5 heteroatoms. The first-order valence-corrected chi connectivity index (χ1v) is 5.73. The lowest BCUT2D eigenvalue weighted by Crippen LogP contribution is -2.22. The lowest BCUT2D eigenvalue weighted by Gasteiger charge is -2.08. The van der Waals surface area contributed by atoms with Crippen molar-refractivity contribution < 1.29 is 0 Å². The fourth-order valence-electron chi connectivity index (χ4n) is 1.53. The normalized spacial score (nSPS) is 10.5. The molecule has 88 valence electrons. The summed E-state index contributed by atoms with van der Waals surface area (Å²) in [6, 6.07) is 8.60. The van der Waals surface area contributed by atoms with Crippen LogP contribution in [0.5, 0.6) is 0 Å². The van der Waals surface area contributed by atoms with Crippen molar-refractivity contribution in [1.82, 2.24) is 4.57 Å². The van der Waals surface area contributed by atoms with Gasteiger partial charge in [-0.25, -0.2) is 0 Å². The Balaban J connectivity index is 2.42. The molecule has 0 aliphatic heterocycles. The van der Waals surface area contributed by atoms with E-state index in [4.69, 9.17) is 28.9 Å². The van der Waals surface area contributed by atoms with Gasteiger partial charge in [0.1, 0.15) is 0 Å². The summed E-state index contributed by atoms with van der Waals surface area (Å²) in [5, 5.41) is 0.935. The zero-order valence-electron chi connectivity index (χ0n) is 8.86. The Kier molecular flexibility index (Phi) is 3.41. The molecule has 2 rings (SSSR count). The number of rotatable bonds is 2. The number of halogens is 2. The van der Waals surface area contributed by atoms with Crippen molar-refractivity contribution in [3.63, 3.8) is 0 Å². The first kappa shape index (κ1) is 12.0. The highest BCUT2D eigenvalue weighted by Crippen LogP contribution is 2.25. The standard InChI is InChI=1S/C12H10Cl2N2O/c13-9-4-1-3-8(11(9)14)7-16-6-2-5-10(15)12(16)17/h1-6H,7,15H2. The number of aromatic nitrogens is 1. The lowest BCUT2D eigenvalue weighted by molar-refractivity contribution is 0.762. The van der Waals surface area contributed by atoms with Crippen LogP contribution in [0.25, 0.3) is 0 Å². The maximum atomic E-state index is 11.7. The molecular weight excluding hydrogens is 259 g/mol. The molecule has 1 aromatic carbocycles. The van der Waals surface area contributed by atoms with E-state index in [1.165, 1.54) is 4.57 Å². The van der Waals surface area contributed by atoms with Gasteiger partial charge in [-0.15, -0.1) is 0 Å². The molecule has 2 N–H and O–H groups in total. The second-order valence-corrected chi connectivity index (χ2v) is 4.39. The second kappa shape index (κ2) is 4.82. The third-order valence-corrected chi connectivity index (χ3v) is 3.28. The van der Waals surface area contributed by atoms with Gasteiger partial charge in [-0.3, -0.25) is 4.79 Å². The van der Waals surface area contributed by atoms with E-state index in [1.807, 2.05) is 6.07 Å². The van der Waals surface area contributed by atoms with Crippen LogP contribution in [-0.2, 0) is 6.54 Å². The van der Waals surface area contributed by atoms with Crippen LogP contribution >= 0.6 is 23.2 Å². The summed E-state index contributed by atoms with van der Waals surface area (Å²) in [5.41, 5.74) is 6.31. The van der Waals surface area contributed by atoms with Crippen LogP contribution in [-0.4, -0.2) is 4.57 Å². The van der Waals surface area contributed by atoms with Gasteiger partial charge in [0.25, 0.3) is 5.56 Å². The van der Waals surface area contributed by atoms with E-state index in [0.717, 1.165) is 5.56 Å². The predicted molar refractivity (Wildman–Crippen MR) is 70.7 cm³/mol. The van der Waals surface area contributed by atoms with E-state index in [2.05, 4.69) is 0 Å². The molecule has 0 saturated carbocycles. The Labute approximate surface area is 108 Å². The summed E-state index contributed by atoms with van der Waals surface area (Å²) in [6.45, 7) is 0.350. The van der Waals surface area contributed by atoms with Gasteiger partial charge in [-0.1, -0.05) is 35.3 Å². The number of anilines is 1. The molecule has 2 aromatic rings. The average Bonchev–Trinajstić information content (AvgIpc) is 2.31. The highest BCUT2D eigenvalue weighted by molar-refractivity contribution is 6.42. The Hall–Kier alpha value is -1.45. The molecule has 0 amide bonds. The monoisotopic (exact) mass is 268 g/mol. The summed E-state index contributed by atoms with van der Waals surface area (Å²) >= 11 is 12.0. The van der Waals surface area contributed by atoms with Gasteiger partial charge >= 0.3 is 0 Å². The molecule has 1 heterocycles. The van der Waals surface area contributed by atoms with Crippen molar-refractivity contribution in [2.45, 2.75) is 6.54 Å². The van der Waals surface area contributed by atoms with Crippen LogP contribution in [0.4, 0.5) is 5.69 Å². The highest BCUT2D eigenvalue weighted by atomic mass is 35.5. The molecule has 0 saturated heterocycles. The minimum absolute atomic E-state index is 0.214. The molecule has 1 aromatic heterocycles. The van der Waals surface area contributed by atoms with Gasteiger partial charge in [-0.05, 0) is 23.8 Å². The van der Waals surface area contributed by atoms with Crippen LogP contribution in [0.3, 0.4) is 0 Å². The fourth-order valence-corrected chi connectivity index (χ4v) is 1.91. The predicted octanol–water partition coefficient (Wildman–Crippen LogP) is 2.79. The Morgan fingerprint density at radius 1 is 1.18 bits per heavy atom. The molecule has 0 spiro atoms. The quantitative estimate of drug-likeness (QED) is 0.911. The van der Waals surface area contributed by atoms with Crippen LogP contribution in [0.2, 0.25) is 10.0 Å². The van der Waals surface area contributed by atoms with E-state index >= 15 is 0 Å². The summed E-state index contributed by atoms with van der Waals surface area (Å²) in [5.74, 6) is 0. The first-order valence-electron chi connectivity index (χ1n) is 4.97. The summed E-state index contributed by atoms with van der Waals surface area (Å²) in [4.78, 5) is 11.7. The zero-order valence-corrected chi connectivity index (χ0v) is 10.4. The molecule has 0 bridgehead atoms. The molecule has 0 fully saturated rings. The van der Waals surface area contributed by atoms with Crippen molar-refractivity contribution in [2.75, 3.05) is 5.73 Å². The molecule has 0 aliphatic carbocycles. The molecule has 3 nitrogen and oxygen atoms in total. The topological polar surface area (TPSA) is 48.0 Å². The van der Waals surface area contributed by atoms with Crippen LogP contribution in [0.15, 0.2) is 41.3 Å². The molecule has 0 unspecified atom stereocenters. The zero-order chi connectivity index (χ0) is 12.4. The molecule has 0 radical (unpaired) electrons. The summed E-state index contributed by atoms with van der Waals surface area (Å²) in [7, 11) is 0. The van der Waals surface area contributed by atoms with Gasteiger partial charge in [0, 0.05) is 6.20 Å². The summed E-state index contributed by atoms with van der Waals surface area (Å²) in [6.07, 6.45) is 1.66. The third kappa shape index (κ3) is 2.46. The van der Waals surface area contributed by atoms with Crippen molar-refractivity contribution in [3.8, 4) is 0 Å². The SMILES string of the molecule is Nc1cccn(Cc2cccc(Cl)c2Cl)c1=O. The number of nitrogens with two attached hydrogens (primary N) is 1. The average molecular weight is 269 g/mol. The summed E-state index contributed by atoms with van der Waals surface area (Å²) < 4.78 is 1.49. The fraction of sp³-hybridized carbons (Fsp3) is 0.0833. The first-order chi connectivity index (χ1) is 8.09. The van der Waals surface area contributed by atoms with Crippen molar-refractivity contribution >= 4 is 28.9 Å². The highest BCUT2D eigenvalue weighted by Gasteiger charge is 2.06. The molecule has 0 atom stereocenters. The number of nitrogens with zero attached hydrogens (tertiary/aromatic N) is 1. The van der Waals surface area contributed by atoms with Crippen molar-refractivity contribution in [3.05, 3.63) is 62.5 Å². The number of benzene rings is 1. The largest absolute Gasteiger partial charge is 0.394 e. The number of hydrogen-bond acceptors (Lipinski definition) is 2. The smallest absolute Gasteiger partial charge is 0.273 e. The van der Waals surface area contributed by atoms with Crippen LogP contribution in [0.1, 0.15) is 5.56 Å². The van der Waals surface area contributed by atoms with Gasteiger partial charge in [0.15, 0.2) is 0 Å². The van der Waals surface area contributed by atoms with Gasteiger partial charge in [0.2, 0.25) is 0 Å². The lowest BCUT2D eigenvalue weighted by atomic mass is 10.2. The van der Waals surface area contributed by atoms with E-state index < -0.39 is 0 Å². The van der Waals surface area contributed by atoms with Crippen LogP contribution in [0, 0.1) is 0 Å². The van der Waals surface area contributed by atoms with Crippen molar-refractivity contribution in [2.24, 2.45) is 0 Å². The van der Waals surface area contributed by atoms with E-state index in [9.17, 15) is 4.79 Å². The van der Waals surface area contributed by atoms with E-state index in [1.54, 1.807) is 30.5 Å². The van der Waals surface area contributed by atoms with E-state index in [0.29, 0.717) is 16.6 Å². The van der Waals surface area contributed by atoms with Gasteiger partial charge in [0.05, 0.1) is 22.3 Å².